The Labute approximate surface area is 149 Å². The molecule has 0 bridgehead atoms. The van der Waals surface area contributed by atoms with Crippen molar-refractivity contribution >= 4 is 17.5 Å². The van der Waals surface area contributed by atoms with Crippen molar-refractivity contribution < 1.29 is 14.3 Å². The monoisotopic (exact) mass is 351 g/mol. The first-order valence-corrected chi connectivity index (χ1v) is 9.13. The maximum atomic E-state index is 12.7. The van der Waals surface area contributed by atoms with Gasteiger partial charge in [-0.3, -0.25) is 4.79 Å². The number of fused-ring (bicyclic) bond motifs is 1. The molecule has 24 heavy (non-hydrogen) atoms. The second kappa shape index (κ2) is 7.85. The van der Waals surface area contributed by atoms with Gasteiger partial charge in [0.2, 0.25) is 5.91 Å². The SMILES string of the molecule is COCC12CCCOC1CCN(C(=O)CCc1ccc(Cl)cc1)C2. The average molecular weight is 352 g/mol. The molecule has 0 aromatic heterocycles. The van der Waals surface area contributed by atoms with Gasteiger partial charge in [-0.05, 0) is 43.4 Å². The summed E-state index contributed by atoms with van der Waals surface area (Å²) < 4.78 is 11.5. The summed E-state index contributed by atoms with van der Waals surface area (Å²) >= 11 is 5.91. The van der Waals surface area contributed by atoms with Crippen LogP contribution in [0.25, 0.3) is 0 Å². The van der Waals surface area contributed by atoms with Crippen LogP contribution in [0.5, 0.6) is 0 Å². The van der Waals surface area contributed by atoms with E-state index in [4.69, 9.17) is 21.1 Å². The lowest BCUT2D eigenvalue weighted by atomic mass is 9.73. The van der Waals surface area contributed by atoms with E-state index >= 15 is 0 Å². The number of aryl methyl sites for hydroxylation is 1. The van der Waals surface area contributed by atoms with Gasteiger partial charge in [-0.25, -0.2) is 0 Å². The van der Waals surface area contributed by atoms with Gasteiger partial charge >= 0.3 is 0 Å². The Kier molecular flexibility index (Phi) is 5.80. The summed E-state index contributed by atoms with van der Waals surface area (Å²) in [5, 5.41) is 0.728. The van der Waals surface area contributed by atoms with Crippen LogP contribution < -0.4 is 0 Å². The van der Waals surface area contributed by atoms with Gasteiger partial charge in [-0.1, -0.05) is 23.7 Å². The topological polar surface area (TPSA) is 38.8 Å². The number of ether oxygens (including phenoxy) is 2. The lowest BCUT2D eigenvalue weighted by Crippen LogP contribution is -2.58. The van der Waals surface area contributed by atoms with Crippen molar-refractivity contribution in [1.29, 1.82) is 0 Å². The predicted molar refractivity (Wildman–Crippen MR) is 94.3 cm³/mol. The summed E-state index contributed by atoms with van der Waals surface area (Å²) in [7, 11) is 1.74. The maximum absolute atomic E-state index is 12.7. The molecule has 2 heterocycles. The molecule has 2 saturated heterocycles. The number of hydrogen-bond donors (Lipinski definition) is 0. The van der Waals surface area contributed by atoms with E-state index in [1.807, 2.05) is 29.2 Å². The third-order valence-electron chi connectivity index (χ3n) is 5.31. The van der Waals surface area contributed by atoms with Crippen LogP contribution in [-0.4, -0.2) is 50.3 Å². The van der Waals surface area contributed by atoms with E-state index in [-0.39, 0.29) is 17.4 Å². The molecule has 0 saturated carbocycles. The van der Waals surface area contributed by atoms with Crippen molar-refractivity contribution in [2.24, 2.45) is 5.41 Å². The maximum Gasteiger partial charge on any atom is 0.222 e. The summed E-state index contributed by atoms with van der Waals surface area (Å²) in [6.45, 7) is 3.04. The van der Waals surface area contributed by atoms with Crippen LogP contribution in [0.1, 0.15) is 31.2 Å². The molecule has 132 valence electrons. The van der Waals surface area contributed by atoms with E-state index in [0.717, 1.165) is 56.0 Å². The summed E-state index contributed by atoms with van der Waals surface area (Å²) in [5.41, 5.74) is 1.12. The van der Waals surface area contributed by atoms with E-state index < -0.39 is 0 Å². The Balaban J connectivity index is 1.59. The molecule has 2 aliphatic heterocycles. The third-order valence-corrected chi connectivity index (χ3v) is 5.57. The van der Waals surface area contributed by atoms with E-state index in [0.29, 0.717) is 13.0 Å². The molecule has 1 aromatic carbocycles. The fraction of sp³-hybridized carbons (Fsp3) is 0.632. The Hall–Kier alpha value is -1.10. The van der Waals surface area contributed by atoms with Crippen LogP contribution in [0.3, 0.4) is 0 Å². The number of benzene rings is 1. The van der Waals surface area contributed by atoms with Crippen LogP contribution in [-0.2, 0) is 20.7 Å². The summed E-state index contributed by atoms with van der Waals surface area (Å²) in [6, 6.07) is 7.73. The van der Waals surface area contributed by atoms with Crippen molar-refractivity contribution in [3.63, 3.8) is 0 Å². The lowest BCUT2D eigenvalue weighted by molar-refractivity contribution is -0.162. The normalized spacial score (nSPS) is 26.9. The van der Waals surface area contributed by atoms with E-state index in [2.05, 4.69) is 0 Å². The zero-order valence-electron chi connectivity index (χ0n) is 14.3. The van der Waals surface area contributed by atoms with E-state index in [9.17, 15) is 4.79 Å². The highest BCUT2D eigenvalue weighted by molar-refractivity contribution is 6.30. The van der Waals surface area contributed by atoms with Gasteiger partial charge in [0.25, 0.3) is 0 Å². The molecular weight excluding hydrogens is 326 g/mol. The first kappa shape index (κ1) is 17.7. The van der Waals surface area contributed by atoms with Crippen LogP contribution in [0, 0.1) is 5.41 Å². The fourth-order valence-corrected chi connectivity index (χ4v) is 4.19. The van der Waals surface area contributed by atoms with Crippen LogP contribution in [0.15, 0.2) is 24.3 Å². The number of carbonyl (C=O) groups excluding carboxylic acids is 1. The van der Waals surface area contributed by atoms with E-state index in [1.165, 1.54) is 0 Å². The number of methoxy groups -OCH3 is 1. The first-order valence-electron chi connectivity index (χ1n) is 8.76. The lowest BCUT2D eigenvalue weighted by Gasteiger charge is -2.50. The average Bonchev–Trinajstić information content (AvgIpc) is 2.60. The molecule has 1 amide bonds. The highest BCUT2D eigenvalue weighted by Gasteiger charge is 2.46. The molecular formula is C19H26ClNO3. The number of rotatable bonds is 5. The van der Waals surface area contributed by atoms with Crippen LogP contribution in [0.2, 0.25) is 5.02 Å². The van der Waals surface area contributed by atoms with Crippen molar-refractivity contribution in [3.8, 4) is 0 Å². The summed E-state index contributed by atoms with van der Waals surface area (Å²) in [6.07, 6.45) is 4.56. The van der Waals surface area contributed by atoms with Gasteiger partial charge in [0, 0.05) is 43.7 Å². The molecule has 2 fully saturated rings. The number of amides is 1. The smallest absolute Gasteiger partial charge is 0.222 e. The highest BCUT2D eigenvalue weighted by atomic mass is 35.5. The van der Waals surface area contributed by atoms with Gasteiger partial charge in [-0.15, -0.1) is 0 Å². The molecule has 5 heteroatoms. The molecule has 2 unspecified atom stereocenters. The largest absolute Gasteiger partial charge is 0.384 e. The second-order valence-electron chi connectivity index (χ2n) is 6.99. The molecule has 2 atom stereocenters. The van der Waals surface area contributed by atoms with Crippen LogP contribution >= 0.6 is 11.6 Å². The predicted octanol–water partition coefficient (Wildman–Crippen LogP) is 3.32. The summed E-state index contributed by atoms with van der Waals surface area (Å²) in [5.74, 6) is 0.226. The molecule has 3 rings (SSSR count). The van der Waals surface area contributed by atoms with Gasteiger partial charge < -0.3 is 14.4 Å². The third kappa shape index (κ3) is 3.93. The van der Waals surface area contributed by atoms with Crippen molar-refractivity contribution in [2.45, 2.75) is 38.2 Å². The quantitative estimate of drug-likeness (QED) is 0.816. The molecule has 1 aromatic rings. The zero-order valence-corrected chi connectivity index (χ0v) is 15.1. The fourth-order valence-electron chi connectivity index (χ4n) is 4.06. The molecule has 4 nitrogen and oxygen atoms in total. The van der Waals surface area contributed by atoms with Crippen molar-refractivity contribution in [3.05, 3.63) is 34.9 Å². The number of nitrogens with zero attached hydrogens (tertiary/aromatic N) is 1. The number of likely N-dealkylation sites (tertiary alicyclic amines) is 1. The zero-order chi connectivity index (χ0) is 17.0. The van der Waals surface area contributed by atoms with Crippen LogP contribution in [0.4, 0.5) is 0 Å². The number of carbonyl (C=O) groups is 1. The minimum absolute atomic E-state index is 0.0266. The Bertz CT molecular complexity index is 558. The number of halogens is 1. The minimum atomic E-state index is -0.0266. The number of piperidine rings is 1. The second-order valence-corrected chi connectivity index (χ2v) is 7.43. The summed E-state index contributed by atoms with van der Waals surface area (Å²) in [4.78, 5) is 14.7. The molecule has 0 aliphatic carbocycles. The van der Waals surface area contributed by atoms with E-state index in [1.54, 1.807) is 7.11 Å². The van der Waals surface area contributed by atoms with Gasteiger partial charge in [-0.2, -0.15) is 0 Å². The van der Waals surface area contributed by atoms with Crippen molar-refractivity contribution in [1.82, 2.24) is 4.90 Å². The van der Waals surface area contributed by atoms with Gasteiger partial charge in [0.1, 0.15) is 0 Å². The molecule has 0 radical (unpaired) electrons. The Morgan fingerprint density at radius 1 is 1.42 bits per heavy atom. The molecule has 2 aliphatic rings. The Morgan fingerprint density at radius 3 is 2.96 bits per heavy atom. The Morgan fingerprint density at radius 2 is 2.21 bits per heavy atom. The van der Waals surface area contributed by atoms with Crippen molar-refractivity contribution in [2.75, 3.05) is 33.4 Å². The molecule has 0 spiro atoms. The molecule has 0 N–H and O–H groups in total. The number of hydrogen-bond acceptors (Lipinski definition) is 3. The van der Waals surface area contributed by atoms with Gasteiger partial charge in [0.05, 0.1) is 12.7 Å². The standard InChI is InChI=1S/C19H26ClNO3/c1-23-14-19-10-2-12-24-17(19)9-11-21(13-19)18(22)8-5-15-3-6-16(20)7-4-15/h3-4,6-7,17H,2,5,8-14H2,1H3. The van der Waals surface area contributed by atoms with Gasteiger partial charge in [0.15, 0.2) is 0 Å². The minimum Gasteiger partial charge on any atom is -0.384 e. The highest BCUT2D eigenvalue weighted by Crippen LogP contribution is 2.40. The first-order chi connectivity index (χ1) is 11.6.